The molecule has 2 aliphatic rings. The third-order valence-electron chi connectivity index (χ3n) is 3.71. The first kappa shape index (κ1) is 13.8. The number of methoxy groups -OCH3 is 1. The van der Waals surface area contributed by atoms with Gasteiger partial charge in [-0.2, -0.15) is 0 Å². The molecule has 2 fully saturated rings. The molecule has 5 heteroatoms. The normalized spacial score (nSPS) is 29.4. The van der Waals surface area contributed by atoms with Crippen molar-refractivity contribution in [3.63, 3.8) is 0 Å². The Bertz CT molecular complexity index is 266. The standard InChI is InChI=1S/C13H23NO4/c1-16-13(15)12-10-17-9-7-14(12)6-2-4-11-5-3-8-18-11/h11-12H,2-10H2,1H3. The zero-order valence-electron chi connectivity index (χ0n) is 11.1. The van der Waals surface area contributed by atoms with Crippen LogP contribution >= 0.6 is 0 Å². The number of carbonyl (C=O) groups is 1. The fraction of sp³-hybridized carbons (Fsp3) is 0.923. The maximum atomic E-state index is 11.6. The molecule has 0 aromatic rings. The predicted octanol–water partition coefficient (Wildman–Crippen LogP) is 0.819. The van der Waals surface area contributed by atoms with Crippen molar-refractivity contribution in [2.24, 2.45) is 0 Å². The molecule has 2 unspecified atom stereocenters. The van der Waals surface area contributed by atoms with Crippen LogP contribution in [0.25, 0.3) is 0 Å². The highest BCUT2D eigenvalue weighted by atomic mass is 16.5. The van der Waals surface area contributed by atoms with E-state index in [9.17, 15) is 4.79 Å². The van der Waals surface area contributed by atoms with Crippen molar-refractivity contribution >= 4 is 5.97 Å². The van der Waals surface area contributed by atoms with Crippen LogP contribution < -0.4 is 0 Å². The molecule has 18 heavy (non-hydrogen) atoms. The minimum atomic E-state index is -0.228. The van der Waals surface area contributed by atoms with Crippen LogP contribution in [0.4, 0.5) is 0 Å². The van der Waals surface area contributed by atoms with Gasteiger partial charge in [0.2, 0.25) is 0 Å². The van der Waals surface area contributed by atoms with Crippen LogP contribution in [-0.2, 0) is 19.0 Å². The summed E-state index contributed by atoms with van der Waals surface area (Å²) >= 11 is 0. The number of nitrogens with zero attached hydrogens (tertiary/aromatic N) is 1. The second-order valence-corrected chi connectivity index (χ2v) is 4.93. The Kier molecular flexibility index (Phi) is 5.41. The number of rotatable bonds is 5. The SMILES string of the molecule is COC(=O)C1COCCN1CCCC1CCCO1. The van der Waals surface area contributed by atoms with E-state index in [4.69, 9.17) is 14.2 Å². The van der Waals surface area contributed by atoms with Gasteiger partial charge < -0.3 is 14.2 Å². The van der Waals surface area contributed by atoms with Crippen molar-refractivity contribution in [2.75, 3.05) is 40.0 Å². The van der Waals surface area contributed by atoms with Crippen LogP contribution in [0.2, 0.25) is 0 Å². The molecule has 2 saturated heterocycles. The third kappa shape index (κ3) is 3.67. The highest BCUT2D eigenvalue weighted by Crippen LogP contribution is 2.18. The number of ether oxygens (including phenoxy) is 3. The number of morpholine rings is 1. The molecule has 104 valence electrons. The van der Waals surface area contributed by atoms with E-state index < -0.39 is 0 Å². The van der Waals surface area contributed by atoms with E-state index in [2.05, 4.69) is 4.90 Å². The van der Waals surface area contributed by atoms with E-state index in [-0.39, 0.29) is 12.0 Å². The van der Waals surface area contributed by atoms with Gasteiger partial charge in [-0.25, -0.2) is 0 Å². The topological polar surface area (TPSA) is 48.0 Å². The molecule has 5 nitrogen and oxygen atoms in total. The van der Waals surface area contributed by atoms with Gasteiger partial charge in [-0.15, -0.1) is 0 Å². The van der Waals surface area contributed by atoms with Gasteiger partial charge >= 0.3 is 5.97 Å². The number of carbonyl (C=O) groups excluding carboxylic acids is 1. The second kappa shape index (κ2) is 7.07. The van der Waals surface area contributed by atoms with Crippen molar-refractivity contribution in [3.05, 3.63) is 0 Å². The molecule has 2 aliphatic heterocycles. The van der Waals surface area contributed by atoms with E-state index in [1.54, 1.807) is 0 Å². The molecule has 2 rings (SSSR count). The molecule has 0 aromatic heterocycles. The maximum absolute atomic E-state index is 11.6. The zero-order chi connectivity index (χ0) is 12.8. The number of hydrogen-bond acceptors (Lipinski definition) is 5. The van der Waals surface area contributed by atoms with Crippen molar-refractivity contribution in [1.82, 2.24) is 4.90 Å². The molecule has 0 N–H and O–H groups in total. The average Bonchev–Trinajstić information content (AvgIpc) is 2.92. The van der Waals surface area contributed by atoms with Crippen LogP contribution in [0, 0.1) is 0 Å². The Labute approximate surface area is 108 Å². The minimum Gasteiger partial charge on any atom is -0.468 e. The van der Waals surface area contributed by atoms with Crippen LogP contribution in [0.1, 0.15) is 25.7 Å². The first-order valence-electron chi connectivity index (χ1n) is 6.82. The fourth-order valence-electron chi connectivity index (χ4n) is 2.65. The van der Waals surface area contributed by atoms with Gasteiger partial charge in [-0.3, -0.25) is 9.69 Å². The van der Waals surface area contributed by atoms with Crippen LogP contribution in [0.5, 0.6) is 0 Å². The molecule has 2 heterocycles. The summed E-state index contributed by atoms with van der Waals surface area (Å²) in [7, 11) is 1.43. The Balaban J connectivity index is 1.72. The lowest BCUT2D eigenvalue weighted by atomic mass is 10.1. The second-order valence-electron chi connectivity index (χ2n) is 4.93. The summed E-state index contributed by atoms with van der Waals surface area (Å²) < 4.78 is 15.8. The van der Waals surface area contributed by atoms with Gasteiger partial charge in [0.1, 0.15) is 6.04 Å². The largest absolute Gasteiger partial charge is 0.468 e. The van der Waals surface area contributed by atoms with E-state index in [1.807, 2.05) is 0 Å². The summed E-state index contributed by atoms with van der Waals surface area (Å²) in [6.07, 6.45) is 4.96. The molecular weight excluding hydrogens is 234 g/mol. The molecule has 0 spiro atoms. The van der Waals surface area contributed by atoms with Gasteiger partial charge in [0.05, 0.1) is 26.4 Å². The quantitative estimate of drug-likeness (QED) is 0.682. The van der Waals surface area contributed by atoms with Gasteiger partial charge in [0.15, 0.2) is 0 Å². The van der Waals surface area contributed by atoms with E-state index in [0.29, 0.717) is 19.3 Å². The van der Waals surface area contributed by atoms with Gasteiger partial charge in [-0.1, -0.05) is 0 Å². The van der Waals surface area contributed by atoms with Crippen molar-refractivity contribution in [1.29, 1.82) is 0 Å². The number of esters is 1. The fourth-order valence-corrected chi connectivity index (χ4v) is 2.65. The van der Waals surface area contributed by atoms with Crippen molar-refractivity contribution in [2.45, 2.75) is 37.8 Å². The Morgan fingerprint density at radius 2 is 2.33 bits per heavy atom. The first-order valence-corrected chi connectivity index (χ1v) is 6.82. The molecule has 0 amide bonds. The summed E-state index contributed by atoms with van der Waals surface area (Å²) in [6.45, 7) is 3.79. The van der Waals surface area contributed by atoms with E-state index >= 15 is 0 Å². The zero-order valence-corrected chi connectivity index (χ0v) is 11.1. The first-order chi connectivity index (χ1) is 8.81. The summed E-state index contributed by atoms with van der Waals surface area (Å²) in [4.78, 5) is 13.8. The lowest BCUT2D eigenvalue weighted by Crippen LogP contribution is -2.50. The van der Waals surface area contributed by atoms with Crippen LogP contribution in [-0.4, -0.2) is 63.0 Å². The highest BCUT2D eigenvalue weighted by Gasteiger charge is 2.30. The molecule has 2 atom stereocenters. The highest BCUT2D eigenvalue weighted by molar-refractivity contribution is 5.75. The summed E-state index contributed by atoms with van der Waals surface area (Å²) in [6, 6.07) is -0.228. The maximum Gasteiger partial charge on any atom is 0.325 e. The third-order valence-corrected chi connectivity index (χ3v) is 3.71. The summed E-state index contributed by atoms with van der Waals surface area (Å²) in [5.41, 5.74) is 0. The van der Waals surface area contributed by atoms with Gasteiger partial charge in [-0.05, 0) is 32.2 Å². The summed E-state index contributed by atoms with van der Waals surface area (Å²) in [5.74, 6) is -0.188. The lowest BCUT2D eigenvalue weighted by Gasteiger charge is -2.33. The smallest absolute Gasteiger partial charge is 0.325 e. The van der Waals surface area contributed by atoms with Crippen LogP contribution in [0.15, 0.2) is 0 Å². The van der Waals surface area contributed by atoms with Crippen LogP contribution in [0.3, 0.4) is 0 Å². The van der Waals surface area contributed by atoms with E-state index in [1.165, 1.54) is 20.0 Å². The lowest BCUT2D eigenvalue weighted by molar-refractivity contribution is -0.153. The number of hydrogen-bond donors (Lipinski definition) is 0. The Morgan fingerprint density at radius 1 is 1.44 bits per heavy atom. The van der Waals surface area contributed by atoms with Crippen molar-refractivity contribution < 1.29 is 19.0 Å². The Morgan fingerprint density at radius 3 is 3.06 bits per heavy atom. The van der Waals surface area contributed by atoms with Crippen molar-refractivity contribution in [3.8, 4) is 0 Å². The molecular formula is C13H23NO4. The molecule has 0 aliphatic carbocycles. The molecule has 0 saturated carbocycles. The van der Waals surface area contributed by atoms with Gasteiger partial charge in [0, 0.05) is 13.2 Å². The monoisotopic (exact) mass is 257 g/mol. The predicted molar refractivity (Wildman–Crippen MR) is 66.4 cm³/mol. The van der Waals surface area contributed by atoms with E-state index in [0.717, 1.165) is 32.5 Å². The Hall–Kier alpha value is -0.650. The average molecular weight is 257 g/mol. The molecule has 0 radical (unpaired) electrons. The molecule has 0 bridgehead atoms. The van der Waals surface area contributed by atoms with Gasteiger partial charge in [0.25, 0.3) is 0 Å². The summed E-state index contributed by atoms with van der Waals surface area (Å²) in [5, 5.41) is 0. The minimum absolute atomic E-state index is 0.188. The molecule has 0 aromatic carbocycles.